The lowest BCUT2D eigenvalue weighted by molar-refractivity contribution is -0.909. The van der Waals surface area contributed by atoms with Gasteiger partial charge in [-0.25, -0.2) is 0 Å². The molecule has 0 radical (unpaired) electrons. The van der Waals surface area contributed by atoms with Gasteiger partial charge in [-0.05, 0) is 19.3 Å². The van der Waals surface area contributed by atoms with E-state index in [1.165, 1.54) is 25.8 Å². The van der Waals surface area contributed by atoms with E-state index in [-0.39, 0.29) is 11.8 Å². The molecule has 1 aliphatic heterocycles. The van der Waals surface area contributed by atoms with E-state index < -0.39 is 0 Å². The molecule has 4 nitrogen and oxygen atoms in total. The molecule has 114 valence electrons. The first-order chi connectivity index (χ1) is 9.79. The van der Waals surface area contributed by atoms with Crippen molar-refractivity contribution in [3.8, 4) is 0 Å². The highest BCUT2D eigenvalue weighted by atomic mass is 16.5. The van der Waals surface area contributed by atoms with Gasteiger partial charge in [-0.3, -0.25) is 4.79 Å². The maximum Gasteiger partial charge on any atom is 0.223 e. The Morgan fingerprint density at radius 2 is 2.10 bits per heavy atom. The van der Waals surface area contributed by atoms with Crippen LogP contribution in [0.25, 0.3) is 0 Å². The number of rotatable bonds is 6. The summed E-state index contributed by atoms with van der Waals surface area (Å²) in [7, 11) is 1.66. The molecule has 20 heavy (non-hydrogen) atoms. The van der Waals surface area contributed by atoms with E-state index in [1.54, 1.807) is 12.0 Å². The molecule has 0 saturated carbocycles. The molecule has 2 N–H and O–H groups in total. The smallest absolute Gasteiger partial charge is 0.223 e. The first-order valence-corrected chi connectivity index (χ1v) is 8.05. The van der Waals surface area contributed by atoms with Crippen molar-refractivity contribution in [1.29, 1.82) is 0 Å². The lowest BCUT2D eigenvalue weighted by Gasteiger charge is -2.31. The molecule has 2 aliphatic rings. The average Bonchev–Trinajstić information content (AvgIpc) is 2.49. The second-order valence-electron chi connectivity index (χ2n) is 6.16. The van der Waals surface area contributed by atoms with Crippen LogP contribution in [0.5, 0.6) is 0 Å². The van der Waals surface area contributed by atoms with Gasteiger partial charge >= 0.3 is 0 Å². The highest BCUT2D eigenvalue weighted by Gasteiger charge is 2.28. The number of allylic oxidation sites excluding steroid dienone is 2. The Morgan fingerprint density at radius 3 is 2.75 bits per heavy atom. The van der Waals surface area contributed by atoms with E-state index in [1.807, 2.05) is 0 Å². The molecule has 1 fully saturated rings. The second kappa shape index (κ2) is 8.42. The number of ether oxygens (including phenoxy) is 1. The molecular formula is C16H29N2O2+. The van der Waals surface area contributed by atoms with Gasteiger partial charge in [0.2, 0.25) is 5.91 Å². The first-order valence-electron chi connectivity index (χ1n) is 8.05. The number of hydrogen-bond donors (Lipinski definition) is 2. The zero-order valence-corrected chi connectivity index (χ0v) is 12.7. The Kier molecular flexibility index (Phi) is 6.54. The molecule has 1 aliphatic carbocycles. The largest absolute Gasteiger partial charge is 0.383 e. The van der Waals surface area contributed by atoms with Crippen LogP contribution < -0.4 is 10.2 Å². The van der Waals surface area contributed by atoms with Crippen molar-refractivity contribution in [2.24, 2.45) is 11.8 Å². The maximum absolute atomic E-state index is 12.0. The van der Waals surface area contributed by atoms with Crippen LogP contribution in [-0.2, 0) is 9.53 Å². The topological polar surface area (TPSA) is 42.8 Å². The molecule has 0 aromatic rings. The normalized spacial score (nSPS) is 30.1. The Morgan fingerprint density at radius 1 is 1.30 bits per heavy atom. The molecule has 4 heteroatoms. The number of carbonyl (C=O) groups is 1. The summed E-state index contributed by atoms with van der Waals surface area (Å²) in [6.07, 6.45) is 10.6. The Hall–Kier alpha value is -0.870. The van der Waals surface area contributed by atoms with E-state index in [2.05, 4.69) is 17.5 Å². The van der Waals surface area contributed by atoms with Crippen LogP contribution in [0, 0.1) is 11.8 Å². The van der Waals surface area contributed by atoms with Gasteiger partial charge in [0.1, 0.15) is 0 Å². The predicted molar refractivity (Wildman–Crippen MR) is 79.7 cm³/mol. The van der Waals surface area contributed by atoms with Crippen LogP contribution in [0.15, 0.2) is 12.2 Å². The molecular weight excluding hydrogens is 252 g/mol. The summed E-state index contributed by atoms with van der Waals surface area (Å²) < 4.78 is 4.96. The summed E-state index contributed by atoms with van der Waals surface area (Å²) in [4.78, 5) is 13.7. The van der Waals surface area contributed by atoms with Gasteiger partial charge in [0, 0.05) is 38.3 Å². The summed E-state index contributed by atoms with van der Waals surface area (Å²) in [5.74, 6) is 1.31. The molecule has 0 aromatic heterocycles. The third kappa shape index (κ3) is 4.91. The van der Waals surface area contributed by atoms with Crippen LogP contribution in [0.1, 0.15) is 32.1 Å². The summed E-state index contributed by atoms with van der Waals surface area (Å²) >= 11 is 0. The molecule has 0 bridgehead atoms. The van der Waals surface area contributed by atoms with Gasteiger partial charge in [-0.15, -0.1) is 0 Å². The standard InChI is InChI=1S/C16H28N2O2/c1-20-12-9-17-16(19)15-7-10-18(11-8-15)13-14-5-3-2-4-6-14/h2-3,14-15H,4-13H2,1H3,(H,17,19)/p+1/t14-/m1/s1. The fraction of sp³-hybridized carbons (Fsp3) is 0.812. The Bertz CT molecular complexity index is 322. The fourth-order valence-electron chi connectivity index (χ4n) is 3.36. The van der Waals surface area contributed by atoms with E-state index in [0.717, 1.165) is 31.8 Å². The van der Waals surface area contributed by atoms with Crippen LogP contribution in [0.2, 0.25) is 0 Å². The quantitative estimate of drug-likeness (QED) is 0.547. The van der Waals surface area contributed by atoms with Crippen LogP contribution >= 0.6 is 0 Å². The molecule has 0 spiro atoms. The molecule has 1 saturated heterocycles. The van der Waals surface area contributed by atoms with Crippen LogP contribution in [0.3, 0.4) is 0 Å². The molecule has 1 amide bonds. The fourth-order valence-corrected chi connectivity index (χ4v) is 3.36. The molecule has 2 rings (SSSR count). The number of amides is 1. The third-order valence-corrected chi connectivity index (χ3v) is 4.62. The minimum Gasteiger partial charge on any atom is -0.383 e. The van der Waals surface area contributed by atoms with Gasteiger partial charge < -0.3 is 15.0 Å². The summed E-state index contributed by atoms with van der Waals surface area (Å²) in [6.45, 7) is 4.84. The lowest BCUT2D eigenvalue weighted by atomic mass is 9.91. The van der Waals surface area contributed by atoms with Crippen molar-refractivity contribution in [3.05, 3.63) is 12.2 Å². The number of methoxy groups -OCH3 is 1. The van der Waals surface area contributed by atoms with Crippen LogP contribution in [0.4, 0.5) is 0 Å². The Balaban J connectivity index is 1.64. The third-order valence-electron chi connectivity index (χ3n) is 4.62. The minimum atomic E-state index is 0.224. The second-order valence-corrected chi connectivity index (χ2v) is 6.16. The molecule has 0 unspecified atom stereocenters. The predicted octanol–water partition coefficient (Wildman–Crippen LogP) is 0.400. The van der Waals surface area contributed by atoms with Crippen LogP contribution in [-0.4, -0.2) is 45.8 Å². The van der Waals surface area contributed by atoms with Gasteiger partial charge in [-0.1, -0.05) is 12.2 Å². The minimum absolute atomic E-state index is 0.224. The molecule has 1 atom stereocenters. The number of hydrogen-bond acceptors (Lipinski definition) is 2. The van der Waals surface area contributed by atoms with E-state index in [0.29, 0.717) is 13.2 Å². The van der Waals surface area contributed by atoms with Gasteiger partial charge in [0.05, 0.1) is 26.2 Å². The number of likely N-dealkylation sites (tertiary alicyclic amines) is 1. The number of nitrogens with one attached hydrogen (secondary N) is 2. The first kappa shape index (κ1) is 15.5. The highest BCUT2D eigenvalue weighted by Crippen LogP contribution is 2.17. The SMILES string of the molecule is COCCNC(=O)C1CC[NH+](C[C@@H]2CC=CCC2)CC1. The number of quaternary nitrogens is 1. The molecule has 1 heterocycles. The summed E-state index contributed by atoms with van der Waals surface area (Å²) in [5, 5.41) is 2.97. The van der Waals surface area contributed by atoms with Crippen molar-refractivity contribution in [2.75, 3.05) is 39.9 Å². The summed E-state index contributed by atoms with van der Waals surface area (Å²) in [6, 6.07) is 0. The van der Waals surface area contributed by atoms with E-state index in [4.69, 9.17) is 4.74 Å². The van der Waals surface area contributed by atoms with E-state index >= 15 is 0 Å². The molecule has 0 aromatic carbocycles. The summed E-state index contributed by atoms with van der Waals surface area (Å²) in [5.41, 5.74) is 0. The van der Waals surface area contributed by atoms with Crippen molar-refractivity contribution in [3.63, 3.8) is 0 Å². The van der Waals surface area contributed by atoms with Gasteiger partial charge in [-0.2, -0.15) is 0 Å². The zero-order valence-electron chi connectivity index (χ0n) is 12.7. The van der Waals surface area contributed by atoms with E-state index in [9.17, 15) is 4.79 Å². The number of carbonyl (C=O) groups excluding carboxylic acids is 1. The number of piperidine rings is 1. The van der Waals surface area contributed by atoms with Gasteiger partial charge in [0.15, 0.2) is 0 Å². The van der Waals surface area contributed by atoms with Crippen molar-refractivity contribution in [2.45, 2.75) is 32.1 Å². The lowest BCUT2D eigenvalue weighted by Crippen LogP contribution is -3.13. The highest BCUT2D eigenvalue weighted by molar-refractivity contribution is 5.78. The van der Waals surface area contributed by atoms with Gasteiger partial charge in [0.25, 0.3) is 0 Å². The Labute approximate surface area is 122 Å². The van der Waals surface area contributed by atoms with Crippen molar-refractivity contribution >= 4 is 5.91 Å². The maximum atomic E-state index is 12.0. The zero-order chi connectivity index (χ0) is 14.2. The van der Waals surface area contributed by atoms with Crippen molar-refractivity contribution in [1.82, 2.24) is 5.32 Å². The van der Waals surface area contributed by atoms with Crippen molar-refractivity contribution < 1.29 is 14.4 Å². The monoisotopic (exact) mass is 281 g/mol. The average molecular weight is 281 g/mol.